The van der Waals surface area contributed by atoms with Crippen molar-refractivity contribution in [3.05, 3.63) is 53.9 Å². The fourth-order valence-corrected chi connectivity index (χ4v) is 4.87. The van der Waals surface area contributed by atoms with Gasteiger partial charge in [0.15, 0.2) is 0 Å². The Morgan fingerprint density at radius 1 is 0.933 bits per heavy atom. The molecule has 0 spiro atoms. The van der Waals surface area contributed by atoms with Crippen molar-refractivity contribution in [1.82, 2.24) is 24.5 Å². The Labute approximate surface area is 180 Å². The van der Waals surface area contributed by atoms with Gasteiger partial charge in [-0.15, -0.1) is 0 Å². The van der Waals surface area contributed by atoms with Crippen LogP contribution in [-0.2, 0) is 17.9 Å². The Hall–Kier alpha value is -2.18. The van der Waals surface area contributed by atoms with Crippen molar-refractivity contribution < 1.29 is 4.79 Å². The zero-order valence-corrected chi connectivity index (χ0v) is 18.4. The molecule has 1 aromatic heterocycles. The second kappa shape index (κ2) is 9.75. The lowest BCUT2D eigenvalue weighted by Crippen LogP contribution is -2.51. The van der Waals surface area contributed by atoms with E-state index in [-0.39, 0.29) is 0 Å². The van der Waals surface area contributed by atoms with Crippen molar-refractivity contribution in [2.75, 3.05) is 45.8 Å². The summed E-state index contributed by atoms with van der Waals surface area (Å²) < 4.78 is 2.01. The quantitative estimate of drug-likeness (QED) is 0.736. The number of hydrogen-bond acceptors (Lipinski definition) is 4. The highest BCUT2D eigenvalue weighted by Gasteiger charge is 2.27. The van der Waals surface area contributed by atoms with E-state index in [2.05, 4.69) is 64.1 Å². The number of amides is 1. The van der Waals surface area contributed by atoms with Crippen LogP contribution in [0.4, 0.5) is 0 Å². The zero-order valence-electron chi connectivity index (χ0n) is 18.4. The van der Waals surface area contributed by atoms with Gasteiger partial charge < -0.3 is 4.90 Å². The van der Waals surface area contributed by atoms with Gasteiger partial charge in [0, 0.05) is 57.6 Å². The van der Waals surface area contributed by atoms with Gasteiger partial charge in [0.05, 0.1) is 19.3 Å². The summed E-state index contributed by atoms with van der Waals surface area (Å²) in [5, 5.41) is 4.52. The van der Waals surface area contributed by atoms with Crippen LogP contribution in [0.3, 0.4) is 0 Å². The molecule has 0 radical (unpaired) electrons. The van der Waals surface area contributed by atoms with Crippen LogP contribution in [0, 0.1) is 11.8 Å². The standard InChI is InChI=1S/C24H35N5O/c1-20-12-21(2)15-28(14-20)24(30)19-27-10-8-26(9-11-27)16-23-13-25-29(18-23)17-22-6-4-3-5-7-22/h3-7,13,18,20-21H,8-12,14-17,19H2,1-2H3/t20-,21-/m0/s1. The Morgan fingerprint density at radius 3 is 2.30 bits per heavy atom. The molecule has 2 atom stereocenters. The van der Waals surface area contributed by atoms with E-state index in [1.165, 1.54) is 17.5 Å². The average Bonchev–Trinajstić information content (AvgIpc) is 3.16. The zero-order chi connectivity index (χ0) is 20.9. The molecule has 2 fully saturated rings. The Bertz CT molecular complexity index is 802. The minimum atomic E-state index is 0.309. The lowest BCUT2D eigenvalue weighted by Gasteiger charge is -2.38. The number of aromatic nitrogens is 2. The number of carbonyl (C=O) groups is 1. The second-order valence-corrected chi connectivity index (χ2v) is 9.33. The molecule has 1 aromatic carbocycles. The summed E-state index contributed by atoms with van der Waals surface area (Å²) in [7, 11) is 0. The van der Waals surface area contributed by atoms with Crippen molar-refractivity contribution in [1.29, 1.82) is 0 Å². The van der Waals surface area contributed by atoms with E-state index in [9.17, 15) is 4.79 Å². The molecular formula is C24H35N5O. The largest absolute Gasteiger partial charge is 0.341 e. The Kier molecular flexibility index (Phi) is 6.85. The summed E-state index contributed by atoms with van der Waals surface area (Å²) in [4.78, 5) is 19.6. The molecule has 2 aliphatic heterocycles. The highest BCUT2D eigenvalue weighted by Crippen LogP contribution is 2.21. The Morgan fingerprint density at radius 2 is 1.60 bits per heavy atom. The number of piperazine rings is 1. The predicted octanol–water partition coefficient (Wildman–Crippen LogP) is 2.55. The predicted molar refractivity (Wildman–Crippen MR) is 119 cm³/mol. The van der Waals surface area contributed by atoms with Gasteiger partial charge >= 0.3 is 0 Å². The first-order valence-corrected chi connectivity index (χ1v) is 11.3. The molecule has 1 amide bonds. The molecule has 162 valence electrons. The highest BCUT2D eigenvalue weighted by atomic mass is 16.2. The molecule has 2 aromatic rings. The molecule has 3 heterocycles. The number of likely N-dealkylation sites (tertiary alicyclic amines) is 1. The van der Waals surface area contributed by atoms with Gasteiger partial charge in [0.25, 0.3) is 0 Å². The molecule has 0 N–H and O–H groups in total. The van der Waals surface area contributed by atoms with Gasteiger partial charge in [-0.1, -0.05) is 44.2 Å². The summed E-state index contributed by atoms with van der Waals surface area (Å²) >= 11 is 0. The number of rotatable bonds is 6. The van der Waals surface area contributed by atoms with E-state index < -0.39 is 0 Å². The fraction of sp³-hybridized carbons (Fsp3) is 0.583. The van der Waals surface area contributed by atoms with Crippen molar-refractivity contribution in [2.24, 2.45) is 11.8 Å². The van der Waals surface area contributed by atoms with Gasteiger partial charge in [-0.25, -0.2) is 0 Å². The first kappa shape index (κ1) is 21.1. The van der Waals surface area contributed by atoms with Crippen LogP contribution in [0.5, 0.6) is 0 Å². The van der Waals surface area contributed by atoms with Crippen LogP contribution in [0.25, 0.3) is 0 Å². The van der Waals surface area contributed by atoms with Gasteiger partial charge in [-0.05, 0) is 23.8 Å². The minimum absolute atomic E-state index is 0.309. The summed E-state index contributed by atoms with van der Waals surface area (Å²) in [5.74, 6) is 1.55. The fourth-order valence-electron chi connectivity index (χ4n) is 4.87. The maximum Gasteiger partial charge on any atom is 0.236 e. The molecule has 30 heavy (non-hydrogen) atoms. The minimum Gasteiger partial charge on any atom is -0.341 e. The normalized spacial score (nSPS) is 23.6. The third kappa shape index (κ3) is 5.70. The molecule has 2 saturated heterocycles. The van der Waals surface area contributed by atoms with E-state index in [1.54, 1.807) is 0 Å². The number of benzene rings is 1. The van der Waals surface area contributed by atoms with E-state index in [0.717, 1.165) is 52.4 Å². The van der Waals surface area contributed by atoms with Gasteiger partial charge in [-0.2, -0.15) is 5.10 Å². The van der Waals surface area contributed by atoms with Crippen LogP contribution in [-0.4, -0.2) is 76.2 Å². The molecule has 6 heteroatoms. The third-order valence-corrected chi connectivity index (χ3v) is 6.33. The van der Waals surface area contributed by atoms with E-state index >= 15 is 0 Å². The maximum atomic E-state index is 12.7. The topological polar surface area (TPSA) is 44.6 Å². The van der Waals surface area contributed by atoms with Crippen LogP contribution in [0.2, 0.25) is 0 Å². The van der Waals surface area contributed by atoms with E-state index in [4.69, 9.17) is 0 Å². The summed E-state index contributed by atoms with van der Waals surface area (Å²) in [6, 6.07) is 10.4. The number of piperidine rings is 1. The van der Waals surface area contributed by atoms with Crippen LogP contribution >= 0.6 is 0 Å². The smallest absolute Gasteiger partial charge is 0.236 e. The number of carbonyl (C=O) groups excluding carboxylic acids is 1. The second-order valence-electron chi connectivity index (χ2n) is 9.33. The molecule has 0 bridgehead atoms. The van der Waals surface area contributed by atoms with Gasteiger partial charge in [-0.3, -0.25) is 19.3 Å². The van der Waals surface area contributed by atoms with Crippen LogP contribution in [0.15, 0.2) is 42.7 Å². The SMILES string of the molecule is C[C@H]1C[C@H](C)CN(C(=O)CN2CCN(Cc3cnn(Cc4ccccc4)c3)CC2)C1. The first-order valence-electron chi connectivity index (χ1n) is 11.3. The van der Waals surface area contributed by atoms with E-state index in [1.807, 2.05) is 16.9 Å². The van der Waals surface area contributed by atoms with Crippen molar-refractivity contribution in [3.8, 4) is 0 Å². The molecule has 0 saturated carbocycles. The highest BCUT2D eigenvalue weighted by molar-refractivity contribution is 5.78. The van der Waals surface area contributed by atoms with Crippen molar-refractivity contribution in [2.45, 2.75) is 33.4 Å². The molecule has 0 unspecified atom stereocenters. The van der Waals surface area contributed by atoms with E-state index in [0.29, 0.717) is 24.3 Å². The maximum absolute atomic E-state index is 12.7. The van der Waals surface area contributed by atoms with Crippen molar-refractivity contribution in [3.63, 3.8) is 0 Å². The average molecular weight is 410 g/mol. The number of hydrogen-bond donors (Lipinski definition) is 0. The van der Waals surface area contributed by atoms with Crippen LogP contribution in [0.1, 0.15) is 31.4 Å². The number of nitrogens with zero attached hydrogens (tertiary/aromatic N) is 5. The molecule has 4 rings (SSSR count). The summed E-state index contributed by atoms with van der Waals surface area (Å²) in [5.41, 5.74) is 2.52. The van der Waals surface area contributed by atoms with Crippen LogP contribution < -0.4 is 0 Å². The first-order chi connectivity index (χ1) is 14.5. The molecular weight excluding hydrogens is 374 g/mol. The Balaban J connectivity index is 1.21. The van der Waals surface area contributed by atoms with Gasteiger partial charge in [0.2, 0.25) is 5.91 Å². The molecule has 6 nitrogen and oxygen atoms in total. The lowest BCUT2D eigenvalue weighted by atomic mass is 9.92. The summed E-state index contributed by atoms with van der Waals surface area (Å²) in [6.45, 7) is 12.6. The van der Waals surface area contributed by atoms with Gasteiger partial charge in [0.1, 0.15) is 0 Å². The molecule has 2 aliphatic rings. The monoisotopic (exact) mass is 409 g/mol. The summed E-state index contributed by atoms with van der Waals surface area (Å²) in [6.07, 6.45) is 5.38. The molecule has 0 aliphatic carbocycles. The third-order valence-electron chi connectivity index (χ3n) is 6.33. The van der Waals surface area contributed by atoms with Crippen molar-refractivity contribution >= 4 is 5.91 Å². The lowest BCUT2D eigenvalue weighted by molar-refractivity contribution is -0.135.